The molecule has 3 aromatic rings. The maximum absolute atomic E-state index is 13.9. The normalized spacial score (nSPS) is 22.0. The number of halogens is 2. The van der Waals surface area contributed by atoms with Crippen molar-refractivity contribution in [3.05, 3.63) is 58.4 Å². The first-order valence-electron chi connectivity index (χ1n) is 12.0. The van der Waals surface area contributed by atoms with Crippen molar-refractivity contribution in [2.24, 2.45) is 0 Å². The third-order valence-corrected chi connectivity index (χ3v) is 6.83. The maximum Gasteiger partial charge on any atom is 0.254 e. The molecule has 1 fully saturated rings. The number of hydrogen-bond acceptors (Lipinski definition) is 6. The fraction of sp³-hybridized carbons (Fsp3) is 0.481. The number of amides is 1. The summed E-state index contributed by atoms with van der Waals surface area (Å²) in [7, 11) is 1.50. The van der Waals surface area contributed by atoms with Crippen LogP contribution in [-0.4, -0.2) is 65.6 Å². The van der Waals surface area contributed by atoms with Gasteiger partial charge in [-0.25, -0.2) is 4.98 Å². The van der Waals surface area contributed by atoms with Crippen LogP contribution in [0.5, 0.6) is 5.75 Å². The molecule has 0 aliphatic carbocycles. The van der Waals surface area contributed by atoms with Gasteiger partial charge in [0, 0.05) is 29.3 Å². The van der Waals surface area contributed by atoms with Gasteiger partial charge >= 0.3 is 0 Å². The number of carbonyl (C=O) groups is 1. The van der Waals surface area contributed by atoms with Gasteiger partial charge in [-0.1, -0.05) is 23.7 Å². The number of aliphatic hydroxyl groups excluding tert-OH is 1. The standard InChI is InChI=1S/C27H32ClFN2O5/c1-16-14-35-27(3,12-17(2)32)15-31(16)26(33)19-9-22-25(23(10-19)34-4)36-24(30-22)11-20(13-29)18-6-5-7-21(28)8-18/h5-10,16-17,20,32H,11-15H2,1-4H3/t16-,17?,20?,27?/m1/s1. The second-order valence-corrected chi connectivity index (χ2v) is 10.3. The molecule has 0 saturated carbocycles. The van der Waals surface area contributed by atoms with Gasteiger partial charge in [0.2, 0.25) is 0 Å². The molecule has 2 aromatic carbocycles. The molecule has 1 aliphatic rings. The van der Waals surface area contributed by atoms with Gasteiger partial charge in [0.25, 0.3) is 5.91 Å². The number of hydrogen-bond donors (Lipinski definition) is 1. The summed E-state index contributed by atoms with van der Waals surface area (Å²) in [5, 5.41) is 10.4. The Morgan fingerprint density at radius 1 is 1.39 bits per heavy atom. The second kappa shape index (κ2) is 10.7. The average Bonchev–Trinajstić information content (AvgIpc) is 3.25. The fourth-order valence-electron chi connectivity index (χ4n) is 4.80. The van der Waals surface area contributed by atoms with Gasteiger partial charge in [0.1, 0.15) is 5.52 Å². The van der Waals surface area contributed by atoms with Gasteiger partial charge in [-0.2, -0.15) is 0 Å². The molecule has 0 radical (unpaired) electrons. The lowest BCUT2D eigenvalue weighted by atomic mass is 9.94. The van der Waals surface area contributed by atoms with E-state index in [2.05, 4.69) is 4.98 Å². The molecule has 1 aliphatic heterocycles. The van der Waals surface area contributed by atoms with Crippen LogP contribution >= 0.6 is 11.6 Å². The number of fused-ring (bicyclic) bond motifs is 1. The number of morpholine rings is 1. The minimum atomic E-state index is -0.646. The SMILES string of the molecule is COc1cc(C(=O)N2CC(C)(CC(C)O)OC[C@H]2C)cc2nc(CC(CF)c3cccc(Cl)c3)oc12. The first kappa shape index (κ1) is 26.4. The molecule has 1 amide bonds. The Bertz CT molecular complexity index is 1230. The molecule has 1 saturated heterocycles. The molecule has 2 heterocycles. The zero-order valence-corrected chi connectivity index (χ0v) is 21.7. The number of ether oxygens (including phenoxy) is 2. The first-order chi connectivity index (χ1) is 17.1. The Morgan fingerprint density at radius 2 is 2.17 bits per heavy atom. The molecule has 1 N–H and O–H groups in total. The largest absolute Gasteiger partial charge is 0.493 e. The van der Waals surface area contributed by atoms with Crippen LogP contribution in [0.25, 0.3) is 11.1 Å². The number of oxazole rings is 1. The topological polar surface area (TPSA) is 85.0 Å². The summed E-state index contributed by atoms with van der Waals surface area (Å²) >= 11 is 6.08. The summed E-state index contributed by atoms with van der Waals surface area (Å²) in [4.78, 5) is 19.9. The highest BCUT2D eigenvalue weighted by molar-refractivity contribution is 6.30. The molecule has 4 atom stereocenters. The number of alkyl halides is 1. The summed E-state index contributed by atoms with van der Waals surface area (Å²) in [5.74, 6) is 0.0687. The molecule has 0 bridgehead atoms. The van der Waals surface area contributed by atoms with Crippen molar-refractivity contribution in [2.75, 3.05) is 26.9 Å². The molecule has 3 unspecified atom stereocenters. The van der Waals surface area contributed by atoms with E-state index in [0.717, 1.165) is 5.56 Å². The van der Waals surface area contributed by atoms with Crippen molar-refractivity contribution in [3.8, 4) is 5.75 Å². The lowest BCUT2D eigenvalue weighted by Gasteiger charge is -2.44. The van der Waals surface area contributed by atoms with Gasteiger partial charge < -0.3 is 23.9 Å². The van der Waals surface area contributed by atoms with E-state index in [1.165, 1.54) is 7.11 Å². The Morgan fingerprint density at radius 3 is 2.83 bits per heavy atom. The van der Waals surface area contributed by atoms with E-state index in [0.29, 0.717) is 52.9 Å². The summed E-state index contributed by atoms with van der Waals surface area (Å²) in [6, 6.07) is 10.3. The number of rotatable bonds is 8. The van der Waals surface area contributed by atoms with E-state index in [4.69, 9.17) is 25.5 Å². The van der Waals surface area contributed by atoms with Crippen LogP contribution in [0.3, 0.4) is 0 Å². The lowest BCUT2D eigenvalue weighted by molar-refractivity contribution is -0.124. The van der Waals surface area contributed by atoms with E-state index in [1.807, 2.05) is 19.9 Å². The van der Waals surface area contributed by atoms with Crippen molar-refractivity contribution < 1.29 is 28.2 Å². The van der Waals surface area contributed by atoms with E-state index < -0.39 is 24.3 Å². The molecule has 9 heteroatoms. The van der Waals surface area contributed by atoms with E-state index in [-0.39, 0.29) is 18.4 Å². The van der Waals surface area contributed by atoms with Gasteiger partial charge in [-0.15, -0.1) is 0 Å². The number of aromatic nitrogens is 1. The number of methoxy groups -OCH3 is 1. The summed E-state index contributed by atoms with van der Waals surface area (Å²) in [6.45, 7) is 5.66. The Kier molecular flexibility index (Phi) is 7.87. The third-order valence-electron chi connectivity index (χ3n) is 6.59. The van der Waals surface area contributed by atoms with E-state index in [9.17, 15) is 14.3 Å². The Balaban J connectivity index is 1.62. The van der Waals surface area contributed by atoms with Crippen LogP contribution in [0.15, 0.2) is 40.8 Å². The predicted octanol–water partition coefficient (Wildman–Crippen LogP) is 5.18. The first-order valence-corrected chi connectivity index (χ1v) is 12.4. The Labute approximate surface area is 215 Å². The minimum Gasteiger partial charge on any atom is -0.493 e. The quantitative estimate of drug-likeness (QED) is 0.442. The molecule has 194 valence electrons. The molecule has 1 aromatic heterocycles. The zero-order valence-electron chi connectivity index (χ0n) is 21.0. The fourth-order valence-corrected chi connectivity index (χ4v) is 5.00. The second-order valence-electron chi connectivity index (χ2n) is 9.84. The van der Waals surface area contributed by atoms with Crippen molar-refractivity contribution in [1.29, 1.82) is 0 Å². The highest BCUT2D eigenvalue weighted by Gasteiger charge is 2.39. The van der Waals surface area contributed by atoms with Crippen LogP contribution in [-0.2, 0) is 11.2 Å². The highest BCUT2D eigenvalue weighted by atomic mass is 35.5. The van der Waals surface area contributed by atoms with Gasteiger partial charge in [-0.3, -0.25) is 9.18 Å². The number of nitrogens with zero attached hydrogens (tertiary/aromatic N) is 2. The summed E-state index contributed by atoms with van der Waals surface area (Å²) < 4.78 is 31.3. The van der Waals surface area contributed by atoms with Crippen LogP contribution in [0, 0.1) is 0 Å². The van der Waals surface area contributed by atoms with Crippen molar-refractivity contribution >= 4 is 28.6 Å². The number of carbonyl (C=O) groups excluding carboxylic acids is 1. The van der Waals surface area contributed by atoms with Crippen molar-refractivity contribution in [1.82, 2.24) is 9.88 Å². The van der Waals surface area contributed by atoms with Crippen LogP contribution in [0.1, 0.15) is 54.9 Å². The lowest BCUT2D eigenvalue weighted by Crippen LogP contribution is -2.57. The summed E-state index contributed by atoms with van der Waals surface area (Å²) in [5.41, 5.74) is 1.39. The van der Waals surface area contributed by atoms with Crippen LogP contribution < -0.4 is 4.74 Å². The minimum absolute atomic E-state index is 0.142. The van der Waals surface area contributed by atoms with Crippen LogP contribution in [0.2, 0.25) is 5.02 Å². The van der Waals surface area contributed by atoms with Gasteiger partial charge in [-0.05, 0) is 50.6 Å². The summed E-state index contributed by atoms with van der Waals surface area (Å²) in [6.07, 6.45) is 0.0993. The molecule has 36 heavy (non-hydrogen) atoms. The average molecular weight is 519 g/mol. The molecular weight excluding hydrogens is 487 g/mol. The van der Waals surface area contributed by atoms with Crippen molar-refractivity contribution in [2.45, 2.75) is 57.3 Å². The zero-order chi connectivity index (χ0) is 26.0. The third kappa shape index (κ3) is 5.66. The van der Waals surface area contributed by atoms with Crippen molar-refractivity contribution in [3.63, 3.8) is 0 Å². The van der Waals surface area contributed by atoms with E-state index in [1.54, 1.807) is 42.2 Å². The number of benzene rings is 2. The Hall–Kier alpha value is -2.68. The maximum atomic E-state index is 13.9. The molecule has 0 spiro atoms. The highest BCUT2D eigenvalue weighted by Crippen LogP contribution is 2.33. The van der Waals surface area contributed by atoms with E-state index >= 15 is 0 Å². The predicted molar refractivity (Wildman–Crippen MR) is 136 cm³/mol. The molecular formula is C27H32ClFN2O5. The molecule has 7 nitrogen and oxygen atoms in total. The monoisotopic (exact) mass is 518 g/mol. The molecule has 4 rings (SSSR count). The number of aliphatic hydroxyl groups is 1. The van der Waals surface area contributed by atoms with Crippen LogP contribution in [0.4, 0.5) is 4.39 Å². The van der Waals surface area contributed by atoms with Gasteiger partial charge in [0.05, 0.1) is 44.7 Å². The van der Waals surface area contributed by atoms with Gasteiger partial charge in [0.15, 0.2) is 17.2 Å². The smallest absolute Gasteiger partial charge is 0.254 e.